The number of ether oxygens (including phenoxy) is 2. The van der Waals surface area contributed by atoms with E-state index < -0.39 is 22.9 Å². The van der Waals surface area contributed by atoms with Gasteiger partial charge in [0, 0.05) is 12.1 Å². The molecular formula is C19H20N2O6. The average Bonchev–Trinajstić information content (AvgIpc) is 2.67. The summed E-state index contributed by atoms with van der Waals surface area (Å²) >= 11 is 0. The fourth-order valence-electron chi connectivity index (χ4n) is 2.40. The Morgan fingerprint density at radius 2 is 1.78 bits per heavy atom. The summed E-state index contributed by atoms with van der Waals surface area (Å²) in [5.74, 6) is -1.24. The third-order valence-corrected chi connectivity index (χ3v) is 3.93. The SMILES string of the molecule is COc1ccc([N+](=O)[O-])cc1C(=O)OC(C)C(=O)NC(C)c1ccccc1. The molecule has 0 fully saturated rings. The van der Waals surface area contributed by atoms with Gasteiger partial charge in [0.25, 0.3) is 11.6 Å². The van der Waals surface area contributed by atoms with E-state index in [-0.39, 0.29) is 23.0 Å². The Morgan fingerprint density at radius 3 is 2.37 bits per heavy atom. The number of nitro benzene ring substituents is 1. The van der Waals surface area contributed by atoms with E-state index in [1.165, 1.54) is 26.2 Å². The topological polar surface area (TPSA) is 108 Å². The smallest absolute Gasteiger partial charge is 0.342 e. The maximum atomic E-state index is 12.4. The molecule has 0 saturated heterocycles. The van der Waals surface area contributed by atoms with E-state index in [4.69, 9.17) is 9.47 Å². The minimum Gasteiger partial charge on any atom is -0.496 e. The second kappa shape index (κ2) is 8.79. The lowest BCUT2D eigenvalue weighted by atomic mass is 10.1. The molecule has 1 N–H and O–H groups in total. The Kier molecular flexibility index (Phi) is 6.48. The number of hydrogen-bond donors (Lipinski definition) is 1. The largest absolute Gasteiger partial charge is 0.496 e. The second-order valence-electron chi connectivity index (χ2n) is 5.83. The van der Waals surface area contributed by atoms with Crippen LogP contribution in [0.2, 0.25) is 0 Å². The zero-order chi connectivity index (χ0) is 20.0. The Hall–Kier alpha value is -3.42. The van der Waals surface area contributed by atoms with Crippen LogP contribution in [0.4, 0.5) is 5.69 Å². The first-order valence-corrected chi connectivity index (χ1v) is 8.22. The summed E-state index contributed by atoms with van der Waals surface area (Å²) in [4.78, 5) is 34.9. The molecule has 8 heteroatoms. The lowest BCUT2D eigenvalue weighted by Crippen LogP contribution is -2.37. The molecule has 0 aromatic heterocycles. The van der Waals surface area contributed by atoms with Crippen molar-refractivity contribution in [2.45, 2.75) is 26.0 Å². The first-order valence-electron chi connectivity index (χ1n) is 8.22. The fraction of sp³-hybridized carbons (Fsp3) is 0.263. The first kappa shape index (κ1) is 19.9. The van der Waals surface area contributed by atoms with Crippen LogP contribution in [0.25, 0.3) is 0 Å². The molecular weight excluding hydrogens is 352 g/mol. The zero-order valence-electron chi connectivity index (χ0n) is 15.2. The summed E-state index contributed by atoms with van der Waals surface area (Å²) in [7, 11) is 1.33. The lowest BCUT2D eigenvalue weighted by molar-refractivity contribution is -0.384. The van der Waals surface area contributed by atoms with Crippen LogP contribution in [-0.4, -0.2) is 30.0 Å². The van der Waals surface area contributed by atoms with E-state index in [1.54, 1.807) is 0 Å². The highest BCUT2D eigenvalue weighted by Gasteiger charge is 2.24. The quantitative estimate of drug-likeness (QED) is 0.455. The van der Waals surface area contributed by atoms with Crippen molar-refractivity contribution in [1.82, 2.24) is 5.32 Å². The van der Waals surface area contributed by atoms with Gasteiger partial charge in [-0.2, -0.15) is 0 Å². The van der Waals surface area contributed by atoms with Gasteiger partial charge in [-0.3, -0.25) is 14.9 Å². The van der Waals surface area contributed by atoms with E-state index in [1.807, 2.05) is 37.3 Å². The van der Waals surface area contributed by atoms with Crippen molar-refractivity contribution in [3.8, 4) is 5.75 Å². The van der Waals surface area contributed by atoms with Gasteiger partial charge in [0.15, 0.2) is 6.10 Å². The van der Waals surface area contributed by atoms with Crippen molar-refractivity contribution in [1.29, 1.82) is 0 Å². The van der Waals surface area contributed by atoms with Gasteiger partial charge in [-0.05, 0) is 25.5 Å². The van der Waals surface area contributed by atoms with E-state index in [0.29, 0.717) is 0 Å². The van der Waals surface area contributed by atoms with Gasteiger partial charge in [-0.15, -0.1) is 0 Å². The van der Waals surface area contributed by atoms with Crippen molar-refractivity contribution < 1.29 is 24.0 Å². The van der Waals surface area contributed by atoms with Crippen LogP contribution in [-0.2, 0) is 9.53 Å². The predicted octanol–water partition coefficient (Wildman–Crippen LogP) is 3.03. The summed E-state index contributed by atoms with van der Waals surface area (Å²) in [6, 6.07) is 12.6. The number of nitrogens with one attached hydrogen (secondary N) is 1. The minimum absolute atomic E-state index is 0.121. The van der Waals surface area contributed by atoms with Crippen LogP contribution >= 0.6 is 0 Å². The van der Waals surface area contributed by atoms with Crippen molar-refractivity contribution in [2.75, 3.05) is 7.11 Å². The molecule has 2 aromatic carbocycles. The summed E-state index contributed by atoms with van der Waals surface area (Å²) < 4.78 is 10.2. The van der Waals surface area contributed by atoms with Gasteiger partial charge in [0.05, 0.1) is 18.1 Å². The molecule has 2 atom stereocenters. The van der Waals surface area contributed by atoms with Crippen molar-refractivity contribution in [2.24, 2.45) is 0 Å². The second-order valence-corrected chi connectivity index (χ2v) is 5.83. The Balaban J connectivity index is 2.07. The highest BCUT2D eigenvalue weighted by atomic mass is 16.6. The molecule has 2 rings (SSSR count). The lowest BCUT2D eigenvalue weighted by Gasteiger charge is -2.18. The highest BCUT2D eigenvalue weighted by Crippen LogP contribution is 2.25. The maximum Gasteiger partial charge on any atom is 0.342 e. The van der Waals surface area contributed by atoms with E-state index in [0.717, 1.165) is 11.6 Å². The maximum absolute atomic E-state index is 12.4. The average molecular weight is 372 g/mol. The van der Waals surface area contributed by atoms with Crippen LogP contribution in [0, 0.1) is 10.1 Å². The number of amides is 1. The Labute approximate surface area is 156 Å². The van der Waals surface area contributed by atoms with Gasteiger partial charge in [-0.1, -0.05) is 30.3 Å². The molecule has 0 aliphatic heterocycles. The molecule has 0 heterocycles. The van der Waals surface area contributed by atoms with Gasteiger partial charge in [0.2, 0.25) is 0 Å². The van der Waals surface area contributed by atoms with Crippen LogP contribution in [0.5, 0.6) is 5.75 Å². The molecule has 1 amide bonds. The standard InChI is InChI=1S/C19H20N2O6/c1-12(14-7-5-4-6-8-14)20-18(22)13(2)27-19(23)16-11-15(21(24)25)9-10-17(16)26-3/h4-13H,1-3H3,(H,20,22). The molecule has 2 aromatic rings. The van der Waals surface area contributed by atoms with Gasteiger partial charge < -0.3 is 14.8 Å². The van der Waals surface area contributed by atoms with E-state index in [9.17, 15) is 19.7 Å². The predicted molar refractivity (Wildman–Crippen MR) is 97.5 cm³/mol. The molecule has 27 heavy (non-hydrogen) atoms. The van der Waals surface area contributed by atoms with Crippen LogP contribution in [0.3, 0.4) is 0 Å². The van der Waals surface area contributed by atoms with Crippen molar-refractivity contribution in [3.05, 3.63) is 69.8 Å². The van der Waals surface area contributed by atoms with Crippen molar-refractivity contribution in [3.63, 3.8) is 0 Å². The summed E-state index contributed by atoms with van der Waals surface area (Å²) in [6.07, 6.45) is -1.09. The molecule has 0 bridgehead atoms. The number of hydrogen-bond acceptors (Lipinski definition) is 6. The number of benzene rings is 2. The van der Waals surface area contributed by atoms with E-state index in [2.05, 4.69) is 5.32 Å². The van der Waals surface area contributed by atoms with E-state index >= 15 is 0 Å². The summed E-state index contributed by atoms with van der Waals surface area (Å²) in [6.45, 7) is 3.24. The highest BCUT2D eigenvalue weighted by molar-refractivity contribution is 5.95. The normalized spacial score (nSPS) is 12.6. The molecule has 2 unspecified atom stereocenters. The number of carbonyl (C=O) groups excluding carboxylic acids is 2. The van der Waals surface area contributed by atoms with Gasteiger partial charge in [-0.25, -0.2) is 4.79 Å². The molecule has 0 spiro atoms. The molecule has 0 aliphatic rings. The third-order valence-electron chi connectivity index (χ3n) is 3.93. The summed E-state index contributed by atoms with van der Waals surface area (Å²) in [5, 5.41) is 13.7. The van der Waals surface area contributed by atoms with Crippen LogP contribution in [0.1, 0.15) is 35.8 Å². The number of nitro groups is 1. The number of carbonyl (C=O) groups is 2. The number of nitrogens with zero attached hydrogens (tertiary/aromatic N) is 1. The Bertz CT molecular complexity index is 837. The molecule has 142 valence electrons. The number of esters is 1. The van der Waals surface area contributed by atoms with Crippen LogP contribution in [0.15, 0.2) is 48.5 Å². The molecule has 0 radical (unpaired) electrons. The van der Waals surface area contributed by atoms with Gasteiger partial charge in [0.1, 0.15) is 11.3 Å². The minimum atomic E-state index is -1.09. The van der Waals surface area contributed by atoms with Crippen LogP contribution < -0.4 is 10.1 Å². The fourth-order valence-corrected chi connectivity index (χ4v) is 2.40. The zero-order valence-corrected chi connectivity index (χ0v) is 15.2. The van der Waals surface area contributed by atoms with Gasteiger partial charge >= 0.3 is 5.97 Å². The monoisotopic (exact) mass is 372 g/mol. The number of rotatable bonds is 7. The molecule has 8 nitrogen and oxygen atoms in total. The third kappa shape index (κ3) is 5.04. The summed E-state index contributed by atoms with van der Waals surface area (Å²) in [5.41, 5.74) is 0.504. The van der Waals surface area contributed by atoms with Crippen molar-refractivity contribution >= 4 is 17.6 Å². The number of non-ortho nitro benzene ring substituents is 1. The number of methoxy groups -OCH3 is 1. The first-order chi connectivity index (χ1) is 12.8. The molecule has 0 aliphatic carbocycles. The molecule has 0 saturated carbocycles. The Morgan fingerprint density at radius 1 is 1.11 bits per heavy atom.